The zero-order valence-electron chi connectivity index (χ0n) is 19.7. The Morgan fingerprint density at radius 1 is 1.19 bits per heavy atom. The maximum absolute atomic E-state index is 14.6. The van der Waals surface area contributed by atoms with Gasteiger partial charge in [-0.2, -0.15) is 13.2 Å². The molecule has 3 aromatic rings. The zero-order valence-corrected chi connectivity index (χ0v) is 20.6. The number of aromatic nitrogens is 3. The zero-order chi connectivity index (χ0) is 26.3. The number of nitrogens with one attached hydrogen (secondary N) is 1. The number of alkyl halides is 5. The SMILES string of the molecule is Cc1nc(C(=O)N2CC(F)(F)C[C@@H](C)C2CNc2cnc(C(F)(F)F)cn2)c(-c2ccccc2C)s1. The number of aryl methyl sites for hydroxylation is 2. The van der Waals surface area contributed by atoms with Gasteiger partial charge in [-0.25, -0.2) is 23.7 Å². The molecule has 4 rings (SSSR count). The first-order chi connectivity index (χ1) is 16.9. The van der Waals surface area contributed by atoms with E-state index in [-0.39, 0.29) is 18.1 Å². The van der Waals surface area contributed by atoms with Gasteiger partial charge in [-0.15, -0.1) is 11.3 Å². The Labute approximate surface area is 208 Å². The normalized spacial score (nSPS) is 19.8. The highest BCUT2D eigenvalue weighted by Gasteiger charge is 2.47. The Morgan fingerprint density at radius 2 is 1.92 bits per heavy atom. The summed E-state index contributed by atoms with van der Waals surface area (Å²) in [5.41, 5.74) is 0.693. The van der Waals surface area contributed by atoms with Crippen LogP contribution in [0.1, 0.15) is 40.1 Å². The molecule has 1 fully saturated rings. The van der Waals surface area contributed by atoms with E-state index in [0.717, 1.165) is 22.2 Å². The van der Waals surface area contributed by atoms with Crippen molar-refractivity contribution in [2.45, 2.75) is 45.3 Å². The van der Waals surface area contributed by atoms with Gasteiger partial charge in [0, 0.05) is 13.0 Å². The molecule has 1 aliphatic heterocycles. The molecule has 0 spiro atoms. The van der Waals surface area contributed by atoms with Crippen molar-refractivity contribution in [1.82, 2.24) is 19.9 Å². The summed E-state index contributed by atoms with van der Waals surface area (Å²) in [6, 6.07) is 6.78. The summed E-state index contributed by atoms with van der Waals surface area (Å²) in [7, 11) is 0. The smallest absolute Gasteiger partial charge is 0.367 e. The first kappa shape index (κ1) is 25.9. The summed E-state index contributed by atoms with van der Waals surface area (Å²) in [6.07, 6.45) is -3.53. The highest BCUT2D eigenvalue weighted by atomic mass is 32.1. The summed E-state index contributed by atoms with van der Waals surface area (Å²) >= 11 is 1.32. The highest BCUT2D eigenvalue weighted by Crippen LogP contribution is 2.38. The molecule has 36 heavy (non-hydrogen) atoms. The Morgan fingerprint density at radius 3 is 2.56 bits per heavy atom. The van der Waals surface area contributed by atoms with Gasteiger partial charge in [0.1, 0.15) is 11.5 Å². The summed E-state index contributed by atoms with van der Waals surface area (Å²) in [6.45, 7) is 4.48. The Bertz CT molecular complexity index is 1240. The molecule has 192 valence electrons. The molecular weight excluding hydrogens is 501 g/mol. The predicted molar refractivity (Wildman–Crippen MR) is 126 cm³/mol. The first-order valence-electron chi connectivity index (χ1n) is 11.2. The molecule has 3 heterocycles. The number of anilines is 1. The first-order valence-corrected chi connectivity index (χ1v) is 12.0. The molecule has 1 N–H and O–H groups in total. The molecule has 2 atom stereocenters. The largest absolute Gasteiger partial charge is 0.434 e. The van der Waals surface area contributed by atoms with Gasteiger partial charge < -0.3 is 10.2 Å². The molecule has 1 unspecified atom stereocenters. The lowest BCUT2D eigenvalue weighted by Crippen LogP contribution is -2.57. The average molecular weight is 526 g/mol. The molecule has 6 nitrogen and oxygen atoms in total. The van der Waals surface area contributed by atoms with Crippen molar-refractivity contribution in [1.29, 1.82) is 0 Å². The Balaban J connectivity index is 1.62. The van der Waals surface area contributed by atoms with Crippen LogP contribution in [0, 0.1) is 19.8 Å². The van der Waals surface area contributed by atoms with Gasteiger partial charge in [0.15, 0.2) is 5.69 Å². The standard InChI is InChI=1S/C24H24F5N5OS/c1-13-6-4-5-7-16(13)21-20(33-15(3)36-21)22(35)34-12-23(25,26)8-14(2)17(34)9-31-19-11-30-18(10-32-19)24(27,28)29/h4-7,10-11,14,17H,8-9,12H2,1-3H3,(H,31,32)/t14-,17?/m1/s1. The van der Waals surface area contributed by atoms with Crippen LogP contribution in [0.3, 0.4) is 0 Å². The van der Waals surface area contributed by atoms with E-state index < -0.39 is 48.6 Å². The number of hydrogen-bond donors (Lipinski definition) is 1. The van der Waals surface area contributed by atoms with E-state index in [1.165, 1.54) is 11.3 Å². The quantitative estimate of drug-likeness (QED) is 0.424. The van der Waals surface area contributed by atoms with Crippen LogP contribution in [0.5, 0.6) is 0 Å². The highest BCUT2D eigenvalue weighted by molar-refractivity contribution is 7.15. The van der Waals surface area contributed by atoms with Gasteiger partial charge >= 0.3 is 6.18 Å². The monoisotopic (exact) mass is 525 g/mol. The molecule has 2 aromatic heterocycles. The minimum atomic E-state index is -4.63. The number of carbonyl (C=O) groups excluding carboxylic acids is 1. The van der Waals surface area contributed by atoms with E-state index in [0.29, 0.717) is 16.1 Å². The molecular formula is C24H24F5N5OS. The number of amides is 1. The fourth-order valence-corrected chi connectivity index (χ4v) is 5.37. The molecule has 0 bridgehead atoms. The van der Waals surface area contributed by atoms with Crippen molar-refractivity contribution in [3.05, 3.63) is 58.6 Å². The Hall–Kier alpha value is -3.15. The van der Waals surface area contributed by atoms with Crippen LogP contribution >= 0.6 is 11.3 Å². The van der Waals surface area contributed by atoms with Crippen molar-refractivity contribution >= 4 is 23.1 Å². The van der Waals surface area contributed by atoms with E-state index in [1.807, 2.05) is 31.2 Å². The molecule has 12 heteroatoms. The number of hydrogen-bond acceptors (Lipinski definition) is 6. The third-order valence-corrected chi connectivity index (χ3v) is 7.11. The summed E-state index contributed by atoms with van der Waals surface area (Å²) < 4.78 is 67.5. The molecule has 0 radical (unpaired) electrons. The lowest BCUT2D eigenvalue weighted by Gasteiger charge is -2.43. The maximum Gasteiger partial charge on any atom is 0.434 e. The minimum Gasteiger partial charge on any atom is -0.367 e. The van der Waals surface area contributed by atoms with Gasteiger partial charge in [0.05, 0.1) is 34.9 Å². The van der Waals surface area contributed by atoms with E-state index in [9.17, 15) is 26.7 Å². The number of piperidine rings is 1. The molecule has 1 aromatic carbocycles. The summed E-state index contributed by atoms with van der Waals surface area (Å²) in [5, 5.41) is 3.48. The van der Waals surface area contributed by atoms with Crippen molar-refractivity contribution < 1.29 is 26.7 Å². The van der Waals surface area contributed by atoms with Crippen LogP contribution in [-0.2, 0) is 6.18 Å². The molecule has 0 saturated carbocycles. The van der Waals surface area contributed by atoms with E-state index in [1.54, 1.807) is 13.8 Å². The van der Waals surface area contributed by atoms with Gasteiger partial charge in [0.25, 0.3) is 11.8 Å². The predicted octanol–water partition coefficient (Wildman–Crippen LogP) is 5.83. The van der Waals surface area contributed by atoms with Crippen molar-refractivity contribution in [2.75, 3.05) is 18.4 Å². The number of benzene rings is 1. The molecule has 0 aliphatic carbocycles. The van der Waals surface area contributed by atoms with Gasteiger partial charge in [-0.05, 0) is 30.9 Å². The van der Waals surface area contributed by atoms with Gasteiger partial charge in [-0.1, -0.05) is 31.2 Å². The fourth-order valence-electron chi connectivity index (χ4n) is 4.37. The van der Waals surface area contributed by atoms with Crippen LogP contribution in [0.25, 0.3) is 10.4 Å². The number of halogens is 5. The van der Waals surface area contributed by atoms with Crippen LogP contribution in [0.2, 0.25) is 0 Å². The second kappa shape index (κ2) is 9.72. The number of nitrogens with zero attached hydrogens (tertiary/aromatic N) is 4. The van der Waals surface area contributed by atoms with Gasteiger partial charge in [-0.3, -0.25) is 4.79 Å². The third kappa shape index (κ3) is 5.48. The Kier molecular flexibility index (Phi) is 7.00. The van der Waals surface area contributed by atoms with Crippen LogP contribution in [-0.4, -0.2) is 50.8 Å². The van der Waals surface area contributed by atoms with Crippen molar-refractivity contribution in [3.8, 4) is 10.4 Å². The van der Waals surface area contributed by atoms with Crippen LogP contribution in [0.15, 0.2) is 36.7 Å². The molecule has 1 saturated heterocycles. The molecule has 1 amide bonds. The van der Waals surface area contributed by atoms with Gasteiger partial charge in [0.2, 0.25) is 0 Å². The average Bonchev–Trinajstić information content (AvgIpc) is 3.18. The van der Waals surface area contributed by atoms with Crippen LogP contribution < -0.4 is 5.32 Å². The molecule has 1 aliphatic rings. The lowest BCUT2D eigenvalue weighted by atomic mass is 9.88. The van der Waals surface area contributed by atoms with E-state index >= 15 is 0 Å². The van der Waals surface area contributed by atoms with Crippen LogP contribution in [0.4, 0.5) is 27.8 Å². The second-order valence-corrected chi connectivity index (χ2v) is 10.1. The summed E-state index contributed by atoms with van der Waals surface area (Å²) in [4.78, 5) is 26.9. The number of carbonyl (C=O) groups is 1. The number of thiazole rings is 1. The van der Waals surface area contributed by atoms with Crippen molar-refractivity contribution in [2.24, 2.45) is 5.92 Å². The topological polar surface area (TPSA) is 71.0 Å². The minimum absolute atomic E-state index is 0.00580. The van der Waals surface area contributed by atoms with E-state index in [2.05, 4.69) is 20.3 Å². The van der Waals surface area contributed by atoms with E-state index in [4.69, 9.17) is 0 Å². The number of likely N-dealkylation sites (tertiary alicyclic amines) is 1. The maximum atomic E-state index is 14.6. The van der Waals surface area contributed by atoms with Crippen molar-refractivity contribution in [3.63, 3.8) is 0 Å². The fraction of sp³-hybridized carbons (Fsp3) is 0.417. The second-order valence-electron chi connectivity index (χ2n) is 8.93. The summed E-state index contributed by atoms with van der Waals surface area (Å²) in [5.74, 6) is -4.26. The lowest BCUT2D eigenvalue weighted by molar-refractivity contribution is -0.141. The third-order valence-electron chi connectivity index (χ3n) is 6.10. The number of rotatable bonds is 5.